The van der Waals surface area contributed by atoms with Crippen LogP contribution in [-0.2, 0) is 21.2 Å². The van der Waals surface area contributed by atoms with Crippen LogP contribution < -0.4 is 5.32 Å². The molecule has 0 aliphatic heterocycles. The maximum Gasteiger partial charge on any atom is 0.407 e. The fourth-order valence-electron chi connectivity index (χ4n) is 3.28. The molecule has 0 heterocycles. The lowest BCUT2D eigenvalue weighted by atomic mass is 10.0. The average Bonchev–Trinajstić information content (AvgIpc) is 2.75. The second-order valence-electron chi connectivity index (χ2n) is 8.02. The molecule has 182 valence electrons. The number of amides is 1. The summed E-state index contributed by atoms with van der Waals surface area (Å²) in [4.78, 5) is 12.1. The zero-order valence-electron chi connectivity index (χ0n) is 18.9. The number of hydrogen-bond donors (Lipinski definition) is 2. The second-order valence-corrected chi connectivity index (χ2v) is 10.8. The van der Waals surface area contributed by atoms with Gasteiger partial charge in [-0.1, -0.05) is 67.4 Å². The number of nitrogens with one attached hydrogen (secondary N) is 1. The van der Waals surface area contributed by atoms with Gasteiger partial charge in [-0.25, -0.2) is 13.2 Å². The van der Waals surface area contributed by atoms with Crippen molar-refractivity contribution in [1.82, 2.24) is 9.62 Å². The largest absolute Gasteiger partial charge is 0.450 e. The van der Waals surface area contributed by atoms with E-state index in [4.69, 9.17) is 27.9 Å². The lowest BCUT2D eigenvalue weighted by molar-refractivity contribution is 0.0906. The fraction of sp³-hybridized carbons (Fsp3) is 0.435. The number of alkyl carbamates (subject to hydrolysis) is 1. The zero-order chi connectivity index (χ0) is 24.6. The fourth-order valence-corrected chi connectivity index (χ4v) is 5.29. The van der Waals surface area contributed by atoms with Gasteiger partial charge in [0.15, 0.2) is 0 Å². The Morgan fingerprint density at radius 1 is 1.09 bits per heavy atom. The molecule has 2 N–H and O–H groups in total. The van der Waals surface area contributed by atoms with E-state index in [0.29, 0.717) is 6.42 Å². The van der Waals surface area contributed by atoms with E-state index in [1.807, 2.05) is 44.2 Å². The minimum Gasteiger partial charge on any atom is -0.450 e. The van der Waals surface area contributed by atoms with E-state index < -0.39 is 28.3 Å². The first-order valence-electron chi connectivity index (χ1n) is 10.6. The topological polar surface area (TPSA) is 95.9 Å². The van der Waals surface area contributed by atoms with Crippen molar-refractivity contribution < 1.29 is 23.1 Å². The summed E-state index contributed by atoms with van der Waals surface area (Å²) < 4.78 is 32.9. The number of sulfonamides is 1. The molecule has 0 aromatic heterocycles. The van der Waals surface area contributed by atoms with E-state index >= 15 is 0 Å². The highest BCUT2D eigenvalue weighted by Crippen LogP contribution is 2.27. The van der Waals surface area contributed by atoms with Gasteiger partial charge in [0.25, 0.3) is 0 Å². The summed E-state index contributed by atoms with van der Waals surface area (Å²) in [7, 11) is -3.99. The van der Waals surface area contributed by atoms with Crippen molar-refractivity contribution >= 4 is 39.3 Å². The molecule has 7 nitrogen and oxygen atoms in total. The highest BCUT2D eigenvalue weighted by atomic mass is 35.5. The maximum absolute atomic E-state index is 13.4. The molecule has 2 rings (SSSR count). The smallest absolute Gasteiger partial charge is 0.407 e. The monoisotopic (exact) mass is 516 g/mol. The molecule has 0 unspecified atom stereocenters. The summed E-state index contributed by atoms with van der Waals surface area (Å²) in [6.07, 6.45) is -1.59. The van der Waals surface area contributed by atoms with Crippen LogP contribution in [0.1, 0.15) is 26.3 Å². The molecule has 0 radical (unpaired) electrons. The van der Waals surface area contributed by atoms with Crippen LogP contribution >= 0.6 is 23.2 Å². The van der Waals surface area contributed by atoms with Crippen LogP contribution in [0.25, 0.3) is 0 Å². The van der Waals surface area contributed by atoms with Crippen LogP contribution in [-0.4, -0.2) is 55.8 Å². The number of benzene rings is 2. The van der Waals surface area contributed by atoms with Gasteiger partial charge in [0.2, 0.25) is 10.0 Å². The van der Waals surface area contributed by atoms with Gasteiger partial charge in [0.1, 0.15) is 0 Å². The maximum atomic E-state index is 13.4. The third-order valence-corrected chi connectivity index (χ3v) is 7.40. The van der Waals surface area contributed by atoms with Crippen molar-refractivity contribution in [3.8, 4) is 0 Å². The van der Waals surface area contributed by atoms with Gasteiger partial charge >= 0.3 is 6.09 Å². The van der Waals surface area contributed by atoms with Crippen molar-refractivity contribution in [3.05, 3.63) is 64.1 Å². The SMILES string of the molecule is CCOC(=O)N[C@@H](Cc1ccccc1)[C@H](O)CN(CC(C)C)S(=O)(=O)c1ccc(Cl)c(Cl)c1. The lowest BCUT2D eigenvalue weighted by Crippen LogP contribution is -2.51. The Labute approximate surface area is 205 Å². The van der Waals surface area contributed by atoms with E-state index in [0.717, 1.165) is 5.56 Å². The van der Waals surface area contributed by atoms with E-state index in [9.17, 15) is 18.3 Å². The number of nitrogens with zero attached hydrogens (tertiary/aromatic N) is 1. The Morgan fingerprint density at radius 3 is 2.33 bits per heavy atom. The highest BCUT2D eigenvalue weighted by Gasteiger charge is 2.31. The molecule has 10 heteroatoms. The number of aliphatic hydroxyl groups excluding tert-OH is 1. The molecule has 0 aliphatic rings. The first-order chi connectivity index (χ1) is 15.5. The summed E-state index contributed by atoms with van der Waals surface area (Å²) >= 11 is 12.0. The van der Waals surface area contributed by atoms with Crippen molar-refractivity contribution in [2.75, 3.05) is 19.7 Å². The first-order valence-corrected chi connectivity index (χ1v) is 12.8. The third kappa shape index (κ3) is 8.15. The van der Waals surface area contributed by atoms with Crippen LogP contribution in [0.15, 0.2) is 53.4 Å². The van der Waals surface area contributed by atoms with E-state index in [-0.39, 0.29) is 40.6 Å². The molecule has 1 amide bonds. The number of ether oxygens (including phenoxy) is 1. The lowest BCUT2D eigenvalue weighted by Gasteiger charge is -2.30. The van der Waals surface area contributed by atoms with Crippen molar-refractivity contribution in [3.63, 3.8) is 0 Å². The standard InChI is InChI=1S/C23H30Cl2N2O5S/c1-4-32-23(29)26-21(12-17-8-6-5-7-9-17)22(28)15-27(14-16(2)3)33(30,31)18-10-11-19(24)20(25)13-18/h5-11,13,16,21-22,28H,4,12,14-15H2,1-3H3,(H,26,29)/t21-,22+/m0/s1. The molecular weight excluding hydrogens is 487 g/mol. The molecule has 2 aromatic carbocycles. The minimum absolute atomic E-state index is 0.0136. The minimum atomic E-state index is -3.99. The van der Waals surface area contributed by atoms with Crippen LogP contribution in [0.3, 0.4) is 0 Å². The van der Waals surface area contributed by atoms with Crippen molar-refractivity contribution in [2.24, 2.45) is 5.92 Å². The van der Waals surface area contributed by atoms with Gasteiger partial charge in [-0.15, -0.1) is 0 Å². The Balaban J connectivity index is 2.32. The summed E-state index contributed by atoms with van der Waals surface area (Å²) in [6.45, 7) is 5.54. The van der Waals surface area contributed by atoms with Gasteiger partial charge in [-0.2, -0.15) is 4.31 Å². The molecular formula is C23H30Cl2N2O5S. The quantitative estimate of drug-likeness (QED) is 0.462. The van der Waals surface area contributed by atoms with Gasteiger partial charge in [-0.3, -0.25) is 0 Å². The van der Waals surface area contributed by atoms with Crippen molar-refractivity contribution in [1.29, 1.82) is 0 Å². The molecule has 0 aliphatic carbocycles. The highest BCUT2D eigenvalue weighted by molar-refractivity contribution is 7.89. The van der Waals surface area contributed by atoms with Crippen LogP contribution in [0.5, 0.6) is 0 Å². The number of halogens is 2. The van der Waals surface area contributed by atoms with Gasteiger partial charge < -0.3 is 15.2 Å². The third-order valence-electron chi connectivity index (χ3n) is 4.83. The van der Waals surface area contributed by atoms with E-state index in [1.54, 1.807) is 6.92 Å². The molecule has 33 heavy (non-hydrogen) atoms. The van der Waals surface area contributed by atoms with Crippen LogP contribution in [0, 0.1) is 5.92 Å². The number of carbonyl (C=O) groups is 1. The molecule has 2 atom stereocenters. The van der Waals surface area contributed by atoms with Crippen molar-refractivity contribution in [2.45, 2.75) is 44.2 Å². The predicted molar refractivity (Wildman–Crippen MR) is 130 cm³/mol. The Kier molecular flexibility index (Phi) is 10.4. The predicted octanol–water partition coefficient (Wildman–Crippen LogP) is 4.36. The summed E-state index contributed by atoms with van der Waals surface area (Å²) in [6, 6.07) is 12.6. The normalized spacial score (nSPS) is 13.7. The average molecular weight is 517 g/mol. The number of rotatable bonds is 11. The summed E-state index contributed by atoms with van der Waals surface area (Å²) in [5, 5.41) is 14.1. The molecule has 0 saturated heterocycles. The first kappa shape index (κ1) is 27.4. The number of hydrogen-bond acceptors (Lipinski definition) is 5. The molecule has 0 saturated carbocycles. The van der Waals surface area contributed by atoms with Gasteiger partial charge in [-0.05, 0) is 43.0 Å². The van der Waals surface area contributed by atoms with E-state index in [1.165, 1.54) is 22.5 Å². The second kappa shape index (κ2) is 12.6. The van der Waals surface area contributed by atoms with E-state index in [2.05, 4.69) is 5.32 Å². The number of carbonyl (C=O) groups excluding carboxylic acids is 1. The Bertz CT molecular complexity index is 1020. The molecule has 0 spiro atoms. The molecule has 2 aromatic rings. The summed E-state index contributed by atoms with van der Waals surface area (Å²) in [5.74, 6) is -0.0136. The Morgan fingerprint density at radius 2 is 1.76 bits per heavy atom. The van der Waals surface area contributed by atoms with Crippen LogP contribution in [0.2, 0.25) is 10.0 Å². The van der Waals surface area contributed by atoms with Crippen LogP contribution in [0.4, 0.5) is 4.79 Å². The summed E-state index contributed by atoms with van der Waals surface area (Å²) in [5.41, 5.74) is 0.876. The molecule has 0 fully saturated rings. The number of aliphatic hydroxyl groups is 1. The zero-order valence-corrected chi connectivity index (χ0v) is 21.2. The molecule has 0 bridgehead atoms. The Hall–Kier alpha value is -1.84. The van der Waals surface area contributed by atoms with Gasteiger partial charge in [0.05, 0.1) is 33.7 Å². The van der Waals surface area contributed by atoms with Gasteiger partial charge in [0, 0.05) is 13.1 Å².